The van der Waals surface area contributed by atoms with E-state index in [2.05, 4.69) is 49.4 Å². The molecule has 1 heterocycles. The normalized spacial score (nSPS) is 10.6. The summed E-state index contributed by atoms with van der Waals surface area (Å²) in [5, 5.41) is 4.44. The van der Waals surface area contributed by atoms with Gasteiger partial charge in [-0.25, -0.2) is 0 Å². The Hall–Kier alpha value is -1.57. The minimum Gasteiger partial charge on any atom is -0.275 e. The zero-order chi connectivity index (χ0) is 10.8. The van der Waals surface area contributed by atoms with Gasteiger partial charge in [0, 0.05) is 18.8 Å². The molecule has 0 spiro atoms. The molecule has 0 unspecified atom stereocenters. The topological polar surface area (TPSA) is 17.8 Å². The number of nitrogens with zero attached hydrogens (tertiary/aromatic N) is 2. The van der Waals surface area contributed by atoms with Gasteiger partial charge in [0.1, 0.15) is 0 Å². The minimum atomic E-state index is 0.976. The monoisotopic (exact) mass is 200 g/mol. The molecule has 0 aliphatic rings. The van der Waals surface area contributed by atoms with Crippen molar-refractivity contribution in [2.24, 2.45) is 7.05 Å². The van der Waals surface area contributed by atoms with E-state index in [1.165, 1.54) is 22.4 Å². The van der Waals surface area contributed by atoms with Crippen molar-refractivity contribution in [1.29, 1.82) is 0 Å². The summed E-state index contributed by atoms with van der Waals surface area (Å²) in [7, 11) is 1.97. The van der Waals surface area contributed by atoms with Crippen molar-refractivity contribution in [2.75, 3.05) is 0 Å². The molecule has 0 N–H and O–H groups in total. The van der Waals surface area contributed by atoms with Gasteiger partial charge in [0.25, 0.3) is 0 Å². The maximum absolute atomic E-state index is 4.44. The molecule has 0 bridgehead atoms. The molecular formula is C13H16N2. The largest absolute Gasteiger partial charge is 0.275 e. The van der Waals surface area contributed by atoms with Gasteiger partial charge >= 0.3 is 0 Å². The van der Waals surface area contributed by atoms with Crippen LogP contribution in [0, 0.1) is 6.92 Å². The molecule has 1 aromatic heterocycles. The van der Waals surface area contributed by atoms with E-state index in [9.17, 15) is 0 Å². The highest BCUT2D eigenvalue weighted by Crippen LogP contribution is 2.23. The number of aromatic nitrogens is 2. The number of benzene rings is 1. The van der Waals surface area contributed by atoms with Crippen LogP contribution in [0.5, 0.6) is 0 Å². The highest BCUT2D eigenvalue weighted by molar-refractivity contribution is 5.65. The lowest BCUT2D eigenvalue weighted by atomic mass is 10.0. The molecule has 2 aromatic rings. The van der Waals surface area contributed by atoms with Crippen LogP contribution in [-0.2, 0) is 13.5 Å². The van der Waals surface area contributed by atoms with Gasteiger partial charge in [0.15, 0.2) is 0 Å². The number of rotatable bonds is 2. The van der Waals surface area contributed by atoms with Gasteiger partial charge in [-0.2, -0.15) is 5.10 Å². The third-order valence-corrected chi connectivity index (χ3v) is 2.60. The smallest absolute Gasteiger partial charge is 0.0700 e. The van der Waals surface area contributed by atoms with Crippen molar-refractivity contribution in [2.45, 2.75) is 20.3 Å². The molecule has 15 heavy (non-hydrogen) atoms. The van der Waals surface area contributed by atoms with Crippen molar-refractivity contribution in [1.82, 2.24) is 9.78 Å². The van der Waals surface area contributed by atoms with Gasteiger partial charge in [-0.05, 0) is 18.9 Å². The first kappa shape index (κ1) is 9.97. The summed E-state index contributed by atoms with van der Waals surface area (Å²) in [6, 6.07) is 8.60. The maximum Gasteiger partial charge on any atom is 0.0700 e. The molecule has 0 amide bonds. The predicted molar refractivity (Wildman–Crippen MR) is 62.8 cm³/mol. The molecule has 2 nitrogen and oxygen atoms in total. The van der Waals surface area contributed by atoms with Crippen LogP contribution in [0.15, 0.2) is 30.5 Å². The van der Waals surface area contributed by atoms with Crippen molar-refractivity contribution in [3.05, 3.63) is 41.7 Å². The minimum absolute atomic E-state index is 0.976. The van der Waals surface area contributed by atoms with Crippen LogP contribution in [-0.4, -0.2) is 9.78 Å². The average Bonchev–Trinajstić information content (AvgIpc) is 2.61. The molecule has 0 saturated heterocycles. The van der Waals surface area contributed by atoms with Crippen LogP contribution in [0.1, 0.15) is 18.2 Å². The van der Waals surface area contributed by atoms with Crippen LogP contribution in [0.4, 0.5) is 0 Å². The Labute approximate surface area is 90.6 Å². The Balaban J connectivity index is 2.48. The Morgan fingerprint density at radius 3 is 2.47 bits per heavy atom. The molecular weight excluding hydrogens is 184 g/mol. The quantitative estimate of drug-likeness (QED) is 0.728. The van der Waals surface area contributed by atoms with Gasteiger partial charge in [-0.15, -0.1) is 0 Å². The third-order valence-electron chi connectivity index (χ3n) is 2.60. The fourth-order valence-corrected chi connectivity index (χ4v) is 1.77. The van der Waals surface area contributed by atoms with Gasteiger partial charge in [-0.1, -0.05) is 36.8 Å². The Morgan fingerprint density at radius 2 is 1.87 bits per heavy atom. The summed E-state index contributed by atoms with van der Waals surface area (Å²) in [4.78, 5) is 0. The summed E-state index contributed by atoms with van der Waals surface area (Å²) in [6.07, 6.45) is 3.06. The second-order valence-electron chi connectivity index (χ2n) is 3.88. The SMILES string of the molecule is CCc1nn(C)cc1-c1ccc(C)cc1. The van der Waals surface area contributed by atoms with Gasteiger partial charge in [0.2, 0.25) is 0 Å². The van der Waals surface area contributed by atoms with E-state index in [0.29, 0.717) is 0 Å². The van der Waals surface area contributed by atoms with Crippen LogP contribution in [0.3, 0.4) is 0 Å². The lowest BCUT2D eigenvalue weighted by Crippen LogP contribution is -1.89. The van der Waals surface area contributed by atoms with Crippen molar-refractivity contribution >= 4 is 0 Å². The molecule has 0 radical (unpaired) electrons. The molecule has 2 heteroatoms. The third kappa shape index (κ3) is 1.94. The van der Waals surface area contributed by atoms with E-state index >= 15 is 0 Å². The fourth-order valence-electron chi connectivity index (χ4n) is 1.77. The van der Waals surface area contributed by atoms with Crippen molar-refractivity contribution in [3.63, 3.8) is 0 Å². The van der Waals surface area contributed by atoms with Crippen LogP contribution in [0.2, 0.25) is 0 Å². The number of hydrogen-bond donors (Lipinski definition) is 0. The van der Waals surface area contributed by atoms with Crippen LogP contribution >= 0.6 is 0 Å². The maximum atomic E-state index is 4.44. The molecule has 0 aliphatic heterocycles. The Kier molecular flexibility index (Phi) is 2.58. The predicted octanol–water partition coefficient (Wildman–Crippen LogP) is 2.96. The van der Waals surface area contributed by atoms with E-state index in [1.54, 1.807) is 0 Å². The first-order valence-electron chi connectivity index (χ1n) is 5.30. The standard InChI is InChI=1S/C13H16N2/c1-4-13-12(9-15(3)14-13)11-7-5-10(2)6-8-11/h5-9H,4H2,1-3H3. The van der Waals surface area contributed by atoms with Gasteiger partial charge in [0.05, 0.1) is 5.69 Å². The van der Waals surface area contributed by atoms with E-state index in [4.69, 9.17) is 0 Å². The zero-order valence-corrected chi connectivity index (χ0v) is 9.49. The van der Waals surface area contributed by atoms with E-state index in [0.717, 1.165) is 6.42 Å². The molecule has 78 valence electrons. The van der Waals surface area contributed by atoms with Gasteiger partial charge < -0.3 is 0 Å². The molecule has 0 saturated carbocycles. The van der Waals surface area contributed by atoms with Crippen molar-refractivity contribution in [3.8, 4) is 11.1 Å². The lowest BCUT2D eigenvalue weighted by Gasteiger charge is -2.00. The first-order valence-corrected chi connectivity index (χ1v) is 5.30. The van der Waals surface area contributed by atoms with Crippen molar-refractivity contribution < 1.29 is 0 Å². The summed E-state index contributed by atoms with van der Waals surface area (Å²) >= 11 is 0. The second-order valence-corrected chi connectivity index (χ2v) is 3.88. The number of aryl methyl sites for hydroxylation is 3. The second kappa shape index (κ2) is 3.89. The van der Waals surface area contributed by atoms with E-state index in [-0.39, 0.29) is 0 Å². The van der Waals surface area contributed by atoms with E-state index in [1.807, 2.05) is 11.7 Å². The fraction of sp³-hybridized carbons (Fsp3) is 0.308. The zero-order valence-electron chi connectivity index (χ0n) is 9.49. The highest BCUT2D eigenvalue weighted by Gasteiger charge is 2.07. The highest BCUT2D eigenvalue weighted by atomic mass is 15.2. The Morgan fingerprint density at radius 1 is 1.20 bits per heavy atom. The summed E-state index contributed by atoms with van der Waals surface area (Å²) in [5.41, 5.74) is 4.97. The molecule has 0 atom stereocenters. The Bertz CT molecular complexity index is 452. The molecule has 2 rings (SSSR count). The lowest BCUT2D eigenvalue weighted by molar-refractivity contribution is 0.746. The number of hydrogen-bond acceptors (Lipinski definition) is 1. The van der Waals surface area contributed by atoms with Crippen LogP contribution in [0.25, 0.3) is 11.1 Å². The molecule has 1 aromatic carbocycles. The average molecular weight is 200 g/mol. The molecule has 0 aliphatic carbocycles. The molecule has 0 fully saturated rings. The summed E-state index contributed by atoms with van der Waals surface area (Å²) < 4.78 is 1.88. The van der Waals surface area contributed by atoms with Crippen LogP contribution < -0.4 is 0 Å². The van der Waals surface area contributed by atoms with E-state index < -0.39 is 0 Å². The summed E-state index contributed by atoms with van der Waals surface area (Å²) in [6.45, 7) is 4.24. The first-order chi connectivity index (χ1) is 7.20. The van der Waals surface area contributed by atoms with Gasteiger partial charge in [-0.3, -0.25) is 4.68 Å². The summed E-state index contributed by atoms with van der Waals surface area (Å²) in [5.74, 6) is 0.